The summed E-state index contributed by atoms with van der Waals surface area (Å²) in [6, 6.07) is 5.92. The fourth-order valence-corrected chi connectivity index (χ4v) is 1.83. The fraction of sp³-hybridized carbons (Fsp3) is 0.0909. The molecular weight excluding hydrogens is 270 g/mol. The molecule has 8 heteroatoms. The molecule has 2 aromatic heterocycles. The zero-order chi connectivity index (χ0) is 13.9. The average molecular weight is 281 g/mol. The van der Waals surface area contributed by atoms with E-state index in [2.05, 4.69) is 10.3 Å². The first-order valence-electron chi connectivity index (χ1n) is 5.26. The quantitative estimate of drug-likeness (QED) is 0.833. The Morgan fingerprint density at radius 1 is 1.37 bits per heavy atom. The van der Waals surface area contributed by atoms with Crippen LogP contribution in [0.4, 0.5) is 0 Å². The minimum Gasteiger partial charge on any atom is -0.438 e. The van der Waals surface area contributed by atoms with Crippen molar-refractivity contribution in [1.82, 2.24) is 10.3 Å². The van der Waals surface area contributed by atoms with Gasteiger partial charge in [0.25, 0.3) is 15.9 Å². The molecule has 0 saturated carbocycles. The molecule has 0 aromatic carbocycles. The molecule has 0 saturated heterocycles. The van der Waals surface area contributed by atoms with Gasteiger partial charge in [0.2, 0.25) is 5.09 Å². The van der Waals surface area contributed by atoms with Gasteiger partial charge in [-0.3, -0.25) is 9.78 Å². The van der Waals surface area contributed by atoms with Gasteiger partial charge in [0.1, 0.15) is 0 Å². The minimum atomic E-state index is -3.94. The Hall–Kier alpha value is -2.19. The van der Waals surface area contributed by atoms with Crippen molar-refractivity contribution >= 4 is 15.9 Å². The zero-order valence-electron chi connectivity index (χ0n) is 9.74. The summed E-state index contributed by atoms with van der Waals surface area (Å²) in [5.74, 6) is -0.647. The largest absolute Gasteiger partial charge is 0.438 e. The lowest BCUT2D eigenvalue weighted by molar-refractivity contribution is 0.0918. The summed E-state index contributed by atoms with van der Waals surface area (Å²) in [5.41, 5.74) is 0.814. The van der Waals surface area contributed by atoms with Crippen LogP contribution >= 0.6 is 0 Å². The molecule has 100 valence electrons. The maximum atomic E-state index is 11.7. The van der Waals surface area contributed by atoms with Gasteiger partial charge in [-0.25, -0.2) is 13.6 Å². The molecule has 0 fully saturated rings. The minimum absolute atomic E-state index is 0.118. The van der Waals surface area contributed by atoms with Gasteiger partial charge in [0.15, 0.2) is 5.76 Å². The molecule has 2 heterocycles. The van der Waals surface area contributed by atoms with Gasteiger partial charge in [-0.05, 0) is 23.8 Å². The SMILES string of the molecule is NS(=O)(=O)c1ccc(C(=O)NCc2cccnc2)o1. The Bertz CT molecular complexity index is 679. The highest BCUT2D eigenvalue weighted by Crippen LogP contribution is 2.12. The fourth-order valence-electron chi connectivity index (χ4n) is 1.37. The summed E-state index contributed by atoms with van der Waals surface area (Å²) in [5, 5.41) is 7.00. The van der Waals surface area contributed by atoms with E-state index < -0.39 is 21.0 Å². The maximum Gasteiger partial charge on any atom is 0.287 e. The van der Waals surface area contributed by atoms with Crippen LogP contribution in [0.25, 0.3) is 0 Å². The highest BCUT2D eigenvalue weighted by Gasteiger charge is 2.17. The van der Waals surface area contributed by atoms with E-state index in [1.54, 1.807) is 24.5 Å². The predicted octanol–water partition coefficient (Wildman–Crippen LogP) is 0.252. The van der Waals surface area contributed by atoms with Crippen LogP contribution in [0.1, 0.15) is 16.1 Å². The number of sulfonamides is 1. The van der Waals surface area contributed by atoms with Crippen molar-refractivity contribution in [3.63, 3.8) is 0 Å². The smallest absolute Gasteiger partial charge is 0.287 e. The first-order valence-corrected chi connectivity index (χ1v) is 6.81. The van der Waals surface area contributed by atoms with Crippen LogP contribution in [-0.4, -0.2) is 19.3 Å². The van der Waals surface area contributed by atoms with E-state index in [-0.39, 0.29) is 12.3 Å². The number of hydrogen-bond donors (Lipinski definition) is 2. The molecule has 0 unspecified atom stereocenters. The maximum absolute atomic E-state index is 11.7. The molecule has 2 rings (SSSR count). The lowest BCUT2D eigenvalue weighted by Gasteiger charge is -2.02. The van der Waals surface area contributed by atoms with Gasteiger partial charge in [-0.1, -0.05) is 6.07 Å². The van der Waals surface area contributed by atoms with E-state index in [4.69, 9.17) is 9.56 Å². The van der Waals surface area contributed by atoms with Gasteiger partial charge < -0.3 is 9.73 Å². The second-order valence-electron chi connectivity index (χ2n) is 3.71. The molecule has 19 heavy (non-hydrogen) atoms. The van der Waals surface area contributed by atoms with Crippen LogP contribution in [-0.2, 0) is 16.6 Å². The van der Waals surface area contributed by atoms with Crippen LogP contribution in [0.5, 0.6) is 0 Å². The van der Waals surface area contributed by atoms with Gasteiger partial charge in [0, 0.05) is 18.9 Å². The molecule has 2 aromatic rings. The first kappa shape index (κ1) is 13.2. The number of primary sulfonamides is 1. The van der Waals surface area contributed by atoms with Crippen LogP contribution in [0.3, 0.4) is 0 Å². The molecule has 1 amide bonds. The number of carbonyl (C=O) groups is 1. The molecular formula is C11H11N3O4S. The number of furan rings is 1. The number of nitrogens with zero attached hydrogens (tertiary/aromatic N) is 1. The van der Waals surface area contributed by atoms with Crippen molar-refractivity contribution in [2.45, 2.75) is 11.6 Å². The second-order valence-corrected chi connectivity index (χ2v) is 5.20. The number of pyridine rings is 1. The summed E-state index contributed by atoms with van der Waals surface area (Å²) < 4.78 is 26.8. The molecule has 0 aliphatic rings. The second kappa shape index (κ2) is 5.21. The van der Waals surface area contributed by atoms with E-state index in [9.17, 15) is 13.2 Å². The number of hydrogen-bond acceptors (Lipinski definition) is 5. The Labute approximate surface area is 109 Å². The number of rotatable bonds is 4. The van der Waals surface area contributed by atoms with Crippen molar-refractivity contribution in [3.8, 4) is 0 Å². The van der Waals surface area contributed by atoms with Crippen LogP contribution in [0.2, 0.25) is 0 Å². The summed E-state index contributed by atoms with van der Waals surface area (Å²) >= 11 is 0. The number of nitrogens with two attached hydrogens (primary N) is 1. The van der Waals surface area contributed by atoms with Crippen molar-refractivity contribution < 1.29 is 17.6 Å². The molecule has 0 aliphatic heterocycles. The van der Waals surface area contributed by atoms with Crippen molar-refractivity contribution in [2.24, 2.45) is 5.14 Å². The lowest BCUT2D eigenvalue weighted by Crippen LogP contribution is -2.22. The highest BCUT2D eigenvalue weighted by atomic mass is 32.2. The molecule has 0 aliphatic carbocycles. The Morgan fingerprint density at radius 3 is 2.74 bits per heavy atom. The number of carbonyl (C=O) groups excluding carboxylic acids is 1. The number of nitrogens with one attached hydrogen (secondary N) is 1. The summed E-state index contributed by atoms with van der Waals surface area (Å²) in [6.45, 7) is 0.262. The molecule has 3 N–H and O–H groups in total. The monoisotopic (exact) mass is 281 g/mol. The van der Waals surface area contributed by atoms with Gasteiger partial charge in [-0.15, -0.1) is 0 Å². The molecule has 0 atom stereocenters. The lowest BCUT2D eigenvalue weighted by atomic mass is 10.3. The summed E-state index contributed by atoms with van der Waals surface area (Å²) in [6.07, 6.45) is 3.23. The first-order chi connectivity index (χ1) is 8.97. The van der Waals surface area contributed by atoms with Crippen molar-refractivity contribution in [1.29, 1.82) is 0 Å². The van der Waals surface area contributed by atoms with Gasteiger partial charge >= 0.3 is 0 Å². The number of aromatic nitrogens is 1. The van der Waals surface area contributed by atoms with Crippen LogP contribution < -0.4 is 10.5 Å². The topological polar surface area (TPSA) is 115 Å². The van der Waals surface area contributed by atoms with Crippen molar-refractivity contribution in [2.75, 3.05) is 0 Å². The Balaban J connectivity index is 2.03. The third kappa shape index (κ3) is 3.39. The summed E-state index contributed by atoms with van der Waals surface area (Å²) in [7, 11) is -3.94. The zero-order valence-corrected chi connectivity index (χ0v) is 10.6. The molecule has 0 bridgehead atoms. The predicted molar refractivity (Wildman–Crippen MR) is 65.5 cm³/mol. The van der Waals surface area contributed by atoms with Crippen LogP contribution in [0.15, 0.2) is 46.2 Å². The summed E-state index contributed by atoms with van der Waals surface area (Å²) in [4.78, 5) is 15.6. The van der Waals surface area contributed by atoms with E-state index in [1.165, 1.54) is 6.07 Å². The normalized spacial score (nSPS) is 11.2. The van der Waals surface area contributed by atoms with Crippen molar-refractivity contribution in [3.05, 3.63) is 48.0 Å². The Kier molecular flexibility index (Phi) is 3.63. The third-order valence-electron chi connectivity index (χ3n) is 2.26. The Morgan fingerprint density at radius 2 is 2.16 bits per heavy atom. The van der Waals surface area contributed by atoms with E-state index in [1.807, 2.05) is 0 Å². The van der Waals surface area contributed by atoms with Crippen LogP contribution in [0, 0.1) is 0 Å². The highest BCUT2D eigenvalue weighted by molar-refractivity contribution is 7.89. The molecule has 7 nitrogen and oxygen atoms in total. The van der Waals surface area contributed by atoms with Gasteiger partial charge in [0.05, 0.1) is 0 Å². The van der Waals surface area contributed by atoms with E-state index in [0.717, 1.165) is 11.6 Å². The standard InChI is InChI=1S/C11H11N3O4S/c12-19(16,17)10-4-3-9(18-10)11(15)14-7-8-2-1-5-13-6-8/h1-6H,7H2,(H,14,15)(H2,12,16,17). The van der Waals surface area contributed by atoms with Gasteiger partial charge in [-0.2, -0.15) is 0 Å². The molecule has 0 spiro atoms. The number of amides is 1. The molecule has 0 radical (unpaired) electrons. The van der Waals surface area contributed by atoms with E-state index >= 15 is 0 Å². The third-order valence-corrected chi connectivity index (χ3v) is 3.04. The van der Waals surface area contributed by atoms with E-state index in [0.29, 0.717) is 0 Å². The average Bonchev–Trinajstić information content (AvgIpc) is 2.87.